The molecule has 0 aromatic heterocycles. The molecule has 1 aliphatic carbocycles. The van der Waals surface area contributed by atoms with Gasteiger partial charge >= 0.3 is 0 Å². The van der Waals surface area contributed by atoms with Gasteiger partial charge in [0.25, 0.3) is 0 Å². The molecule has 1 heterocycles. The topological polar surface area (TPSA) is 38.5 Å². The van der Waals surface area contributed by atoms with Gasteiger partial charge in [0.15, 0.2) is 0 Å². The Balaban J connectivity index is 1.49. The van der Waals surface area contributed by atoms with Crippen molar-refractivity contribution in [2.24, 2.45) is 11.7 Å². The summed E-state index contributed by atoms with van der Waals surface area (Å²) < 4.78 is 5.90. The number of hydrogen-bond donors (Lipinski definition) is 1. The van der Waals surface area contributed by atoms with Gasteiger partial charge in [-0.05, 0) is 68.7 Å². The maximum absolute atomic E-state index is 6.04. The molecule has 2 fully saturated rings. The summed E-state index contributed by atoms with van der Waals surface area (Å²) >= 11 is 0. The Morgan fingerprint density at radius 1 is 1.29 bits per heavy atom. The highest BCUT2D eigenvalue weighted by Crippen LogP contribution is 2.30. The van der Waals surface area contributed by atoms with Gasteiger partial charge in [0.05, 0.1) is 6.61 Å². The van der Waals surface area contributed by atoms with Crippen LogP contribution < -0.4 is 10.5 Å². The quantitative estimate of drug-likeness (QED) is 0.875. The molecule has 2 N–H and O–H groups in total. The molecule has 21 heavy (non-hydrogen) atoms. The van der Waals surface area contributed by atoms with Crippen LogP contribution in [0, 0.1) is 12.8 Å². The number of nitrogens with two attached hydrogens (primary N) is 1. The van der Waals surface area contributed by atoms with Gasteiger partial charge in [0, 0.05) is 19.1 Å². The number of benzene rings is 1. The third-order valence-electron chi connectivity index (χ3n) is 4.67. The molecule has 3 nitrogen and oxygen atoms in total. The van der Waals surface area contributed by atoms with Crippen LogP contribution in [0.3, 0.4) is 0 Å². The van der Waals surface area contributed by atoms with E-state index in [1.807, 2.05) is 0 Å². The molecular formula is C18H28N2O. The summed E-state index contributed by atoms with van der Waals surface area (Å²) in [5.74, 6) is 1.87. The summed E-state index contributed by atoms with van der Waals surface area (Å²) in [4.78, 5) is 2.50. The van der Waals surface area contributed by atoms with E-state index >= 15 is 0 Å². The zero-order valence-electron chi connectivity index (χ0n) is 13.2. The Bertz CT molecular complexity index is 470. The van der Waals surface area contributed by atoms with Gasteiger partial charge in [0.1, 0.15) is 5.75 Å². The molecule has 3 heteroatoms. The molecule has 1 saturated heterocycles. The second-order valence-corrected chi connectivity index (χ2v) is 6.81. The molecular weight excluding hydrogens is 260 g/mol. The van der Waals surface area contributed by atoms with Crippen LogP contribution in [0.15, 0.2) is 18.2 Å². The molecule has 116 valence electrons. The number of ether oxygens (including phenoxy) is 1. The van der Waals surface area contributed by atoms with Crippen LogP contribution in [0.2, 0.25) is 0 Å². The number of nitrogens with zero attached hydrogens (tertiary/aromatic N) is 1. The first kappa shape index (κ1) is 14.9. The van der Waals surface area contributed by atoms with E-state index in [-0.39, 0.29) is 0 Å². The van der Waals surface area contributed by atoms with Gasteiger partial charge in [-0.15, -0.1) is 0 Å². The fourth-order valence-corrected chi connectivity index (χ4v) is 3.10. The van der Waals surface area contributed by atoms with Crippen LogP contribution in [-0.2, 0) is 6.42 Å². The van der Waals surface area contributed by atoms with Crippen molar-refractivity contribution < 1.29 is 4.74 Å². The third-order valence-corrected chi connectivity index (χ3v) is 4.67. The SMILES string of the molecule is Cc1cc(CCN2CCCC(N)C2)ccc1OCC1CC1. The van der Waals surface area contributed by atoms with Gasteiger partial charge in [-0.2, -0.15) is 0 Å². The van der Waals surface area contributed by atoms with E-state index in [2.05, 4.69) is 30.0 Å². The fourth-order valence-electron chi connectivity index (χ4n) is 3.10. The first-order valence-corrected chi connectivity index (χ1v) is 8.41. The number of hydrogen-bond acceptors (Lipinski definition) is 3. The second-order valence-electron chi connectivity index (χ2n) is 6.81. The van der Waals surface area contributed by atoms with E-state index < -0.39 is 0 Å². The highest BCUT2D eigenvalue weighted by atomic mass is 16.5. The van der Waals surface area contributed by atoms with Gasteiger partial charge in [-0.3, -0.25) is 0 Å². The minimum Gasteiger partial charge on any atom is -0.493 e. The monoisotopic (exact) mass is 288 g/mol. The Kier molecular flexibility index (Phi) is 4.81. The molecule has 1 aliphatic heterocycles. The third kappa shape index (κ3) is 4.45. The predicted octanol–water partition coefficient (Wildman–Crippen LogP) is 2.75. The Labute approximate surface area is 128 Å². The zero-order chi connectivity index (χ0) is 14.7. The molecule has 1 aromatic rings. The summed E-state index contributed by atoms with van der Waals surface area (Å²) in [7, 11) is 0. The summed E-state index contributed by atoms with van der Waals surface area (Å²) in [5, 5.41) is 0. The number of aryl methyl sites for hydroxylation is 1. The maximum atomic E-state index is 6.04. The van der Waals surface area contributed by atoms with Crippen molar-refractivity contribution >= 4 is 0 Å². The smallest absolute Gasteiger partial charge is 0.122 e. The van der Waals surface area contributed by atoms with E-state index in [0.29, 0.717) is 6.04 Å². The van der Waals surface area contributed by atoms with E-state index in [1.165, 1.54) is 43.4 Å². The minimum atomic E-state index is 0.374. The molecule has 1 aromatic carbocycles. The van der Waals surface area contributed by atoms with Crippen LogP contribution in [0.5, 0.6) is 5.75 Å². The molecule has 0 radical (unpaired) electrons. The molecule has 1 unspecified atom stereocenters. The van der Waals surface area contributed by atoms with E-state index in [4.69, 9.17) is 10.5 Å². The molecule has 2 aliphatic rings. The Hall–Kier alpha value is -1.06. The average molecular weight is 288 g/mol. The summed E-state index contributed by atoms with van der Waals surface area (Å²) in [6.45, 7) is 6.43. The summed E-state index contributed by atoms with van der Waals surface area (Å²) in [6.07, 6.45) is 6.22. The van der Waals surface area contributed by atoms with Gasteiger partial charge in [-0.1, -0.05) is 12.1 Å². The van der Waals surface area contributed by atoms with Gasteiger partial charge < -0.3 is 15.4 Å². The lowest BCUT2D eigenvalue weighted by molar-refractivity contribution is 0.211. The number of likely N-dealkylation sites (tertiary alicyclic amines) is 1. The largest absolute Gasteiger partial charge is 0.493 e. The lowest BCUT2D eigenvalue weighted by atomic mass is 10.0. The van der Waals surface area contributed by atoms with Crippen molar-refractivity contribution in [2.75, 3.05) is 26.2 Å². The first-order chi connectivity index (χ1) is 10.2. The van der Waals surface area contributed by atoms with Crippen molar-refractivity contribution in [3.05, 3.63) is 29.3 Å². The van der Waals surface area contributed by atoms with Crippen molar-refractivity contribution in [3.63, 3.8) is 0 Å². The molecule has 0 amide bonds. The Morgan fingerprint density at radius 2 is 2.14 bits per heavy atom. The van der Waals surface area contributed by atoms with Crippen molar-refractivity contribution in [2.45, 2.75) is 45.1 Å². The normalized spacial score (nSPS) is 23.2. The van der Waals surface area contributed by atoms with E-state index in [0.717, 1.165) is 37.8 Å². The van der Waals surface area contributed by atoms with Gasteiger partial charge in [-0.25, -0.2) is 0 Å². The lowest BCUT2D eigenvalue weighted by Gasteiger charge is -2.30. The molecule has 0 bridgehead atoms. The second kappa shape index (κ2) is 6.80. The Morgan fingerprint density at radius 3 is 2.86 bits per heavy atom. The maximum Gasteiger partial charge on any atom is 0.122 e. The number of rotatable bonds is 6. The lowest BCUT2D eigenvalue weighted by Crippen LogP contribution is -2.43. The average Bonchev–Trinajstić information content (AvgIpc) is 3.28. The molecule has 3 rings (SSSR count). The van der Waals surface area contributed by atoms with Crippen LogP contribution in [-0.4, -0.2) is 37.2 Å². The van der Waals surface area contributed by atoms with Crippen molar-refractivity contribution in [1.82, 2.24) is 4.90 Å². The zero-order valence-corrected chi connectivity index (χ0v) is 13.2. The van der Waals surface area contributed by atoms with Crippen LogP contribution >= 0.6 is 0 Å². The highest BCUT2D eigenvalue weighted by molar-refractivity contribution is 5.36. The molecule has 1 atom stereocenters. The number of piperidine rings is 1. The van der Waals surface area contributed by atoms with Crippen molar-refractivity contribution in [3.8, 4) is 5.75 Å². The summed E-state index contributed by atoms with van der Waals surface area (Å²) in [6, 6.07) is 7.03. The summed E-state index contributed by atoms with van der Waals surface area (Å²) in [5.41, 5.74) is 8.72. The van der Waals surface area contributed by atoms with Crippen LogP contribution in [0.1, 0.15) is 36.8 Å². The highest BCUT2D eigenvalue weighted by Gasteiger charge is 2.22. The van der Waals surface area contributed by atoms with Gasteiger partial charge in [0.2, 0.25) is 0 Å². The van der Waals surface area contributed by atoms with Crippen LogP contribution in [0.4, 0.5) is 0 Å². The predicted molar refractivity (Wildman–Crippen MR) is 86.8 cm³/mol. The van der Waals surface area contributed by atoms with Crippen LogP contribution in [0.25, 0.3) is 0 Å². The van der Waals surface area contributed by atoms with Crippen molar-refractivity contribution in [1.29, 1.82) is 0 Å². The standard InChI is InChI=1S/C18H28N2O/c1-14-11-15(6-7-18(14)21-13-16-4-5-16)8-10-20-9-2-3-17(19)12-20/h6-7,11,16-17H,2-5,8-10,12-13,19H2,1H3. The van der Waals surface area contributed by atoms with E-state index in [9.17, 15) is 0 Å². The molecule has 1 saturated carbocycles. The fraction of sp³-hybridized carbons (Fsp3) is 0.667. The van der Waals surface area contributed by atoms with E-state index in [1.54, 1.807) is 0 Å². The molecule has 0 spiro atoms. The first-order valence-electron chi connectivity index (χ1n) is 8.41. The minimum absolute atomic E-state index is 0.374.